The molecule has 0 amide bonds. The molecule has 1 aromatic carbocycles. The Morgan fingerprint density at radius 3 is 2.83 bits per heavy atom. The molecule has 2 N–H and O–H groups in total. The number of rotatable bonds is 1. The van der Waals surface area contributed by atoms with Gasteiger partial charge in [-0.3, -0.25) is 0 Å². The smallest absolute Gasteiger partial charge is 0.139 e. The van der Waals surface area contributed by atoms with Crippen molar-refractivity contribution in [3.05, 3.63) is 28.0 Å². The van der Waals surface area contributed by atoms with Gasteiger partial charge in [-0.1, -0.05) is 0 Å². The zero-order chi connectivity index (χ0) is 9.14. The van der Waals surface area contributed by atoms with Gasteiger partial charge in [-0.15, -0.1) is 0 Å². The summed E-state index contributed by atoms with van der Waals surface area (Å²) in [6.45, 7) is 0. The van der Waals surface area contributed by atoms with Crippen LogP contribution in [0.15, 0.2) is 16.6 Å². The molecule has 1 rings (SSSR count). The van der Waals surface area contributed by atoms with E-state index in [1.165, 1.54) is 6.07 Å². The highest BCUT2D eigenvalue weighted by Crippen LogP contribution is 2.23. The number of halogens is 2. The third-order valence-corrected chi connectivity index (χ3v) is 2.28. The molecule has 0 saturated heterocycles. The van der Waals surface area contributed by atoms with E-state index in [0.29, 0.717) is 15.7 Å². The van der Waals surface area contributed by atoms with Crippen LogP contribution in [0, 0.1) is 17.1 Å². The summed E-state index contributed by atoms with van der Waals surface area (Å²) in [5.74, 6) is -0.430. The first kappa shape index (κ1) is 9.01. The summed E-state index contributed by atoms with van der Waals surface area (Å²) in [6, 6.07) is 4.72. The van der Waals surface area contributed by atoms with Crippen LogP contribution < -0.4 is 5.73 Å². The number of benzene rings is 1. The molecule has 2 nitrogen and oxygen atoms in total. The average Bonchev–Trinajstić information content (AvgIpc) is 2.00. The van der Waals surface area contributed by atoms with Gasteiger partial charge >= 0.3 is 0 Å². The second kappa shape index (κ2) is 3.55. The molecular weight excluding hydrogens is 223 g/mol. The van der Waals surface area contributed by atoms with Crippen LogP contribution in [-0.4, -0.2) is 0 Å². The second-order valence-electron chi connectivity index (χ2n) is 2.31. The Kier molecular flexibility index (Phi) is 2.66. The summed E-state index contributed by atoms with van der Waals surface area (Å²) >= 11 is 3.03. The van der Waals surface area contributed by atoms with E-state index >= 15 is 0 Å². The lowest BCUT2D eigenvalue weighted by molar-refractivity contribution is 0.620. The molecule has 0 bridgehead atoms. The molecule has 0 aliphatic rings. The third-order valence-electron chi connectivity index (χ3n) is 1.40. The fourth-order valence-corrected chi connectivity index (χ4v) is 1.25. The minimum atomic E-state index is -0.430. The quantitative estimate of drug-likeness (QED) is 0.750. The predicted octanol–water partition coefficient (Wildman–Crippen LogP) is 2.24. The number of nitrogens with zero attached hydrogens (tertiary/aromatic N) is 1. The van der Waals surface area contributed by atoms with Crippen LogP contribution in [-0.2, 0) is 6.42 Å². The van der Waals surface area contributed by atoms with Gasteiger partial charge in [0.2, 0.25) is 0 Å². The lowest BCUT2D eigenvalue weighted by Crippen LogP contribution is -1.93. The topological polar surface area (TPSA) is 49.8 Å². The number of nitrogens with two attached hydrogens (primary N) is 1. The predicted molar refractivity (Wildman–Crippen MR) is 47.8 cm³/mol. The monoisotopic (exact) mass is 228 g/mol. The zero-order valence-corrected chi connectivity index (χ0v) is 7.73. The SMILES string of the molecule is N#CCc1cc(N)cc(F)c1Br. The molecule has 1 aromatic rings. The summed E-state index contributed by atoms with van der Waals surface area (Å²) in [5, 5.41) is 8.39. The molecule has 0 unspecified atom stereocenters. The van der Waals surface area contributed by atoms with Gasteiger partial charge in [0, 0.05) is 5.69 Å². The standard InChI is InChI=1S/C8H6BrFN2/c9-8-5(1-2-11)3-6(12)4-7(8)10/h3-4H,1,12H2. The van der Waals surface area contributed by atoms with E-state index in [2.05, 4.69) is 15.9 Å². The van der Waals surface area contributed by atoms with Crippen LogP contribution in [0.4, 0.5) is 10.1 Å². The fraction of sp³-hybridized carbons (Fsp3) is 0.125. The Morgan fingerprint density at radius 2 is 2.25 bits per heavy atom. The first-order valence-electron chi connectivity index (χ1n) is 3.25. The summed E-state index contributed by atoms with van der Waals surface area (Å²) in [5.41, 5.74) is 6.30. The minimum absolute atomic E-state index is 0.155. The first-order chi connectivity index (χ1) is 5.65. The van der Waals surface area contributed by atoms with E-state index in [9.17, 15) is 4.39 Å². The van der Waals surface area contributed by atoms with E-state index in [1.54, 1.807) is 6.07 Å². The Balaban J connectivity index is 3.20. The van der Waals surface area contributed by atoms with E-state index in [1.807, 2.05) is 6.07 Å². The van der Waals surface area contributed by atoms with Gasteiger partial charge in [0.15, 0.2) is 0 Å². The first-order valence-corrected chi connectivity index (χ1v) is 4.05. The van der Waals surface area contributed by atoms with Crippen molar-refractivity contribution in [2.45, 2.75) is 6.42 Å². The molecule has 0 radical (unpaired) electrons. The van der Waals surface area contributed by atoms with Crippen LogP contribution in [0.5, 0.6) is 0 Å². The number of hydrogen-bond donors (Lipinski definition) is 1. The van der Waals surface area contributed by atoms with Gasteiger partial charge in [0.05, 0.1) is 17.0 Å². The van der Waals surface area contributed by atoms with E-state index in [-0.39, 0.29) is 6.42 Å². The number of anilines is 1. The van der Waals surface area contributed by atoms with Gasteiger partial charge in [-0.05, 0) is 33.6 Å². The van der Waals surface area contributed by atoms with Crippen molar-refractivity contribution in [1.29, 1.82) is 5.26 Å². The summed E-state index contributed by atoms with van der Waals surface area (Å²) < 4.78 is 13.2. The molecular formula is C8H6BrFN2. The van der Waals surface area contributed by atoms with Crippen molar-refractivity contribution < 1.29 is 4.39 Å². The number of nitrogen functional groups attached to an aromatic ring is 1. The van der Waals surface area contributed by atoms with Crippen molar-refractivity contribution in [3.63, 3.8) is 0 Å². The van der Waals surface area contributed by atoms with Crippen LogP contribution in [0.2, 0.25) is 0 Å². The van der Waals surface area contributed by atoms with Crippen molar-refractivity contribution in [1.82, 2.24) is 0 Å². The molecule has 4 heteroatoms. The fourth-order valence-electron chi connectivity index (χ4n) is 0.883. The highest BCUT2D eigenvalue weighted by atomic mass is 79.9. The van der Waals surface area contributed by atoms with E-state index in [0.717, 1.165) is 0 Å². The van der Waals surface area contributed by atoms with E-state index < -0.39 is 5.82 Å². The minimum Gasteiger partial charge on any atom is -0.399 e. The van der Waals surface area contributed by atoms with Crippen molar-refractivity contribution in [2.75, 3.05) is 5.73 Å². The van der Waals surface area contributed by atoms with Gasteiger partial charge in [-0.25, -0.2) is 4.39 Å². The Bertz CT molecular complexity index is 344. The average molecular weight is 229 g/mol. The summed E-state index contributed by atoms with van der Waals surface area (Å²) in [6.07, 6.45) is 0.155. The zero-order valence-electron chi connectivity index (χ0n) is 6.14. The van der Waals surface area contributed by atoms with E-state index in [4.69, 9.17) is 11.0 Å². The number of nitriles is 1. The van der Waals surface area contributed by atoms with Crippen molar-refractivity contribution in [3.8, 4) is 6.07 Å². The molecule has 0 fully saturated rings. The molecule has 0 aromatic heterocycles. The Labute approximate surface area is 77.9 Å². The van der Waals surface area contributed by atoms with Crippen molar-refractivity contribution in [2.24, 2.45) is 0 Å². The highest BCUT2D eigenvalue weighted by Gasteiger charge is 2.06. The second-order valence-corrected chi connectivity index (χ2v) is 3.10. The molecule has 0 aliphatic heterocycles. The lowest BCUT2D eigenvalue weighted by atomic mass is 10.1. The van der Waals surface area contributed by atoms with Crippen LogP contribution >= 0.6 is 15.9 Å². The van der Waals surface area contributed by atoms with Crippen molar-refractivity contribution >= 4 is 21.6 Å². The van der Waals surface area contributed by atoms with Crippen LogP contribution in [0.1, 0.15) is 5.56 Å². The molecule has 0 heterocycles. The maximum atomic E-state index is 12.9. The molecule has 0 aliphatic carbocycles. The van der Waals surface area contributed by atoms with Gasteiger partial charge < -0.3 is 5.73 Å². The molecule has 62 valence electrons. The highest BCUT2D eigenvalue weighted by molar-refractivity contribution is 9.10. The number of hydrogen-bond acceptors (Lipinski definition) is 2. The third kappa shape index (κ3) is 1.74. The Hall–Kier alpha value is -1.08. The maximum Gasteiger partial charge on any atom is 0.139 e. The van der Waals surface area contributed by atoms with Crippen LogP contribution in [0.25, 0.3) is 0 Å². The summed E-state index contributed by atoms with van der Waals surface area (Å²) in [4.78, 5) is 0. The Morgan fingerprint density at radius 1 is 1.58 bits per heavy atom. The van der Waals surface area contributed by atoms with Gasteiger partial charge in [-0.2, -0.15) is 5.26 Å². The molecule has 0 spiro atoms. The molecule has 0 saturated carbocycles. The van der Waals surface area contributed by atoms with Crippen LogP contribution in [0.3, 0.4) is 0 Å². The van der Waals surface area contributed by atoms with Gasteiger partial charge in [0.25, 0.3) is 0 Å². The molecule has 0 atom stereocenters. The molecule has 12 heavy (non-hydrogen) atoms. The lowest BCUT2D eigenvalue weighted by Gasteiger charge is -2.02. The normalized spacial score (nSPS) is 9.42. The van der Waals surface area contributed by atoms with Gasteiger partial charge in [0.1, 0.15) is 5.82 Å². The summed E-state index contributed by atoms with van der Waals surface area (Å²) in [7, 11) is 0. The largest absolute Gasteiger partial charge is 0.399 e. The maximum absolute atomic E-state index is 12.9.